The van der Waals surface area contributed by atoms with Gasteiger partial charge in [-0.3, -0.25) is 10.1 Å². The number of nitro benzene ring substituents is 1. The normalized spacial score (nSPS) is 18.0. The van der Waals surface area contributed by atoms with Gasteiger partial charge >= 0.3 is 0 Å². The topological polar surface area (TPSA) is 131 Å². The molecule has 0 aromatic heterocycles. The summed E-state index contributed by atoms with van der Waals surface area (Å²) in [5.41, 5.74) is -0.152. The quantitative estimate of drug-likeness (QED) is 0.294. The molecule has 0 unspecified atom stereocenters. The molecule has 0 amide bonds. The minimum absolute atomic E-state index is 0.00979. The average Bonchev–Trinajstić information content (AvgIpc) is 2.79. The van der Waals surface area contributed by atoms with E-state index in [0.717, 1.165) is 12.8 Å². The highest BCUT2D eigenvalue weighted by Gasteiger charge is 2.31. The average molecular weight is 492 g/mol. The van der Waals surface area contributed by atoms with Crippen molar-refractivity contribution in [2.75, 3.05) is 18.5 Å². The van der Waals surface area contributed by atoms with Crippen LogP contribution in [0, 0.1) is 34.7 Å². The Labute approximate surface area is 197 Å². The molecule has 1 aliphatic carbocycles. The van der Waals surface area contributed by atoms with E-state index in [9.17, 15) is 22.9 Å². The first kappa shape index (κ1) is 25.4. The summed E-state index contributed by atoms with van der Waals surface area (Å²) in [7, 11) is -4.05. The smallest absolute Gasteiger partial charge is 0.296 e. The monoisotopic (exact) mass is 491 g/mol. The first-order valence-corrected chi connectivity index (χ1v) is 12.2. The molecule has 1 fully saturated rings. The van der Waals surface area contributed by atoms with Crippen molar-refractivity contribution in [2.24, 2.45) is 0 Å². The van der Waals surface area contributed by atoms with Crippen molar-refractivity contribution >= 4 is 21.4 Å². The number of anilines is 1. The van der Waals surface area contributed by atoms with E-state index in [0.29, 0.717) is 18.6 Å². The number of sulfonamides is 1. The number of hydrogen-bond acceptors (Lipinski definition) is 7. The highest BCUT2D eigenvalue weighted by Crippen LogP contribution is 2.35. The Balaban J connectivity index is 1.86. The van der Waals surface area contributed by atoms with Crippen LogP contribution in [0.4, 0.5) is 15.8 Å². The van der Waals surface area contributed by atoms with Crippen LogP contribution in [0.1, 0.15) is 31.2 Å². The highest BCUT2D eigenvalue weighted by atomic mass is 32.2. The Morgan fingerprint density at radius 3 is 2.56 bits per heavy atom. The van der Waals surface area contributed by atoms with Crippen molar-refractivity contribution in [1.29, 1.82) is 0 Å². The second-order valence-electron chi connectivity index (χ2n) is 7.82. The zero-order valence-electron chi connectivity index (χ0n) is 18.6. The van der Waals surface area contributed by atoms with Gasteiger partial charge in [0.25, 0.3) is 5.69 Å². The molecule has 0 spiro atoms. The lowest BCUT2D eigenvalue weighted by Crippen LogP contribution is -2.40. The molecule has 3 rings (SSSR count). The van der Waals surface area contributed by atoms with Crippen LogP contribution in [0.15, 0.2) is 41.3 Å². The molecule has 11 heteroatoms. The molecule has 3 N–H and O–H groups in total. The molecule has 2 aromatic carbocycles. The molecule has 182 valence electrons. The van der Waals surface area contributed by atoms with Crippen LogP contribution in [0.5, 0.6) is 5.75 Å². The van der Waals surface area contributed by atoms with E-state index < -0.39 is 21.6 Å². The summed E-state index contributed by atoms with van der Waals surface area (Å²) < 4.78 is 46.8. The predicted molar refractivity (Wildman–Crippen MR) is 125 cm³/mol. The summed E-state index contributed by atoms with van der Waals surface area (Å²) >= 11 is 0. The summed E-state index contributed by atoms with van der Waals surface area (Å²) in [6.07, 6.45) is 2.95. The number of halogens is 1. The maximum Gasteiger partial charge on any atom is 0.296 e. The van der Waals surface area contributed by atoms with Gasteiger partial charge in [-0.1, -0.05) is 18.3 Å². The number of rotatable bonds is 8. The second kappa shape index (κ2) is 11.3. The van der Waals surface area contributed by atoms with E-state index in [4.69, 9.17) is 9.84 Å². The molecule has 1 saturated carbocycles. The van der Waals surface area contributed by atoms with Crippen LogP contribution in [0.3, 0.4) is 0 Å². The number of aliphatic hydroxyl groups is 1. The molecule has 2 aromatic rings. The summed E-state index contributed by atoms with van der Waals surface area (Å²) in [5, 5.41) is 23.8. The molecule has 0 bridgehead atoms. The van der Waals surface area contributed by atoms with E-state index in [1.54, 1.807) is 0 Å². The number of aliphatic hydroxyl groups excluding tert-OH is 1. The number of nitrogens with one attached hydrogen (secondary N) is 2. The zero-order valence-corrected chi connectivity index (χ0v) is 19.4. The summed E-state index contributed by atoms with van der Waals surface area (Å²) in [5.74, 6) is 4.89. The van der Waals surface area contributed by atoms with Crippen molar-refractivity contribution in [3.05, 3.63) is 57.9 Å². The molecule has 0 aliphatic heterocycles. The van der Waals surface area contributed by atoms with Crippen LogP contribution in [-0.2, 0) is 10.0 Å². The second-order valence-corrected chi connectivity index (χ2v) is 9.56. The third-order valence-electron chi connectivity index (χ3n) is 5.55. The van der Waals surface area contributed by atoms with Gasteiger partial charge in [0.2, 0.25) is 10.0 Å². The summed E-state index contributed by atoms with van der Waals surface area (Å²) in [4.78, 5) is 11.1. The van der Waals surface area contributed by atoms with Crippen molar-refractivity contribution in [1.82, 2.24) is 4.72 Å². The van der Waals surface area contributed by atoms with Crippen molar-refractivity contribution in [3.8, 4) is 17.6 Å². The van der Waals surface area contributed by atoms with Gasteiger partial charge in [-0.25, -0.2) is 12.8 Å². The van der Waals surface area contributed by atoms with Gasteiger partial charge in [-0.2, -0.15) is 4.72 Å². The lowest BCUT2D eigenvalue weighted by molar-refractivity contribution is -0.384. The SMILES string of the molecule is Cc1c(S(=O)(=O)NCC#CCO)ccc(N[C@@H]2CCCC[C@@H]2Oc2ccc(F)cc2)c1[N+](=O)[O-]. The molecule has 34 heavy (non-hydrogen) atoms. The van der Waals surface area contributed by atoms with Crippen LogP contribution in [0.2, 0.25) is 0 Å². The van der Waals surface area contributed by atoms with Gasteiger partial charge < -0.3 is 15.2 Å². The fourth-order valence-electron chi connectivity index (χ4n) is 3.94. The largest absolute Gasteiger partial charge is 0.488 e. The Morgan fingerprint density at radius 2 is 1.88 bits per heavy atom. The maximum atomic E-state index is 13.2. The van der Waals surface area contributed by atoms with Crippen molar-refractivity contribution in [3.63, 3.8) is 0 Å². The fourth-order valence-corrected chi connectivity index (χ4v) is 5.11. The number of benzene rings is 2. The first-order valence-electron chi connectivity index (χ1n) is 10.8. The fraction of sp³-hybridized carbons (Fsp3) is 0.391. The molecule has 2 atom stereocenters. The Morgan fingerprint density at radius 1 is 1.18 bits per heavy atom. The van der Waals surface area contributed by atoms with Gasteiger partial charge in [0.15, 0.2) is 0 Å². The van der Waals surface area contributed by atoms with Gasteiger partial charge in [-0.05, 0) is 62.6 Å². The zero-order chi connectivity index (χ0) is 24.7. The third kappa shape index (κ3) is 6.22. The maximum absolute atomic E-state index is 13.2. The van der Waals surface area contributed by atoms with Crippen molar-refractivity contribution in [2.45, 2.75) is 49.6 Å². The number of hydrogen-bond donors (Lipinski definition) is 3. The summed E-state index contributed by atoms with van der Waals surface area (Å²) in [6.45, 7) is 0.741. The lowest BCUT2D eigenvalue weighted by Gasteiger charge is -2.33. The number of nitrogens with zero attached hydrogens (tertiary/aromatic N) is 1. The van der Waals surface area contributed by atoms with Gasteiger partial charge in [0, 0.05) is 5.56 Å². The van der Waals surface area contributed by atoms with Gasteiger partial charge in [0.05, 0.1) is 22.4 Å². The van der Waals surface area contributed by atoms with E-state index in [1.165, 1.54) is 43.3 Å². The van der Waals surface area contributed by atoms with E-state index >= 15 is 0 Å². The molecular formula is C23H26FN3O6S. The van der Waals surface area contributed by atoms with Crippen molar-refractivity contribution < 1.29 is 27.6 Å². The predicted octanol–water partition coefficient (Wildman–Crippen LogP) is 3.12. The van der Waals surface area contributed by atoms with Crippen LogP contribution < -0.4 is 14.8 Å². The molecular weight excluding hydrogens is 465 g/mol. The standard InChI is InChI=1S/C23H26FN3O6S/c1-16-22(34(31,32)25-14-4-5-15-28)13-12-20(23(16)27(29)30)26-19-6-2-3-7-21(19)33-18-10-8-17(24)9-11-18/h8-13,19,21,25-26,28H,2-3,6-7,14-15H2,1H3/t19-,21+/m1/s1. The Kier molecular flexibility index (Phi) is 8.44. The van der Waals surface area contributed by atoms with E-state index in [-0.39, 0.29) is 46.3 Å². The van der Waals surface area contributed by atoms with E-state index in [1.807, 2.05) is 0 Å². The third-order valence-corrected chi connectivity index (χ3v) is 7.10. The molecule has 0 heterocycles. The van der Waals surface area contributed by atoms with Crippen LogP contribution >= 0.6 is 0 Å². The molecule has 1 aliphatic rings. The minimum Gasteiger partial charge on any atom is -0.488 e. The number of ether oxygens (including phenoxy) is 1. The molecule has 0 saturated heterocycles. The van der Waals surface area contributed by atoms with Gasteiger partial charge in [0.1, 0.15) is 30.0 Å². The minimum atomic E-state index is -4.05. The molecule has 9 nitrogen and oxygen atoms in total. The number of nitro groups is 1. The van der Waals surface area contributed by atoms with Crippen LogP contribution in [0.25, 0.3) is 0 Å². The lowest BCUT2D eigenvalue weighted by atomic mass is 9.92. The van der Waals surface area contributed by atoms with Gasteiger partial charge in [-0.15, -0.1) is 0 Å². The Bertz CT molecular complexity index is 1190. The van der Waals surface area contributed by atoms with E-state index in [2.05, 4.69) is 21.9 Å². The summed E-state index contributed by atoms with van der Waals surface area (Å²) in [6, 6.07) is 8.10. The first-order chi connectivity index (χ1) is 16.2. The van der Waals surface area contributed by atoms with Crippen LogP contribution in [-0.4, -0.2) is 43.7 Å². The Hall–Kier alpha value is -3.20. The highest BCUT2D eigenvalue weighted by molar-refractivity contribution is 7.89. The molecule has 0 radical (unpaired) electrons.